The molecule has 9 heteroatoms. The molecular weight excluding hydrogens is 513 g/mol. The number of benzene rings is 3. The van der Waals surface area contributed by atoms with Gasteiger partial charge in [0.05, 0.1) is 22.7 Å². The molecule has 194 valence electrons. The summed E-state index contributed by atoms with van der Waals surface area (Å²) >= 11 is 0. The van der Waals surface area contributed by atoms with Crippen LogP contribution in [0.2, 0.25) is 0 Å². The predicted octanol–water partition coefficient (Wildman–Crippen LogP) is 6.14. The highest BCUT2D eigenvalue weighted by molar-refractivity contribution is 7.90. The number of nitriles is 1. The van der Waals surface area contributed by atoms with Crippen LogP contribution in [0.3, 0.4) is 0 Å². The molecule has 0 bridgehead atoms. The summed E-state index contributed by atoms with van der Waals surface area (Å²) in [6, 6.07) is 20.5. The molecule has 0 aliphatic rings. The molecule has 0 aliphatic heterocycles. The molecule has 0 N–H and O–H groups in total. The Bertz CT molecular complexity index is 1770. The van der Waals surface area contributed by atoms with Gasteiger partial charge < -0.3 is 4.57 Å². The summed E-state index contributed by atoms with van der Waals surface area (Å²) in [6.07, 6.45) is -3.83. The molecule has 38 heavy (non-hydrogen) atoms. The van der Waals surface area contributed by atoms with Crippen molar-refractivity contribution in [2.24, 2.45) is 0 Å². The van der Waals surface area contributed by atoms with Gasteiger partial charge in [0.2, 0.25) is 0 Å². The van der Waals surface area contributed by atoms with E-state index in [1.807, 2.05) is 26.0 Å². The second-order valence-corrected chi connectivity index (χ2v) is 11.1. The van der Waals surface area contributed by atoms with E-state index in [-0.39, 0.29) is 17.1 Å². The molecule has 0 unspecified atom stereocenters. The van der Waals surface area contributed by atoms with Crippen molar-refractivity contribution >= 4 is 9.84 Å². The first-order chi connectivity index (χ1) is 17.8. The lowest BCUT2D eigenvalue weighted by Crippen LogP contribution is -2.29. The second-order valence-electron chi connectivity index (χ2n) is 9.13. The van der Waals surface area contributed by atoms with Gasteiger partial charge in [-0.3, -0.25) is 4.79 Å². The molecule has 0 aliphatic carbocycles. The van der Waals surface area contributed by atoms with E-state index in [0.717, 1.165) is 29.0 Å². The van der Waals surface area contributed by atoms with Crippen molar-refractivity contribution in [3.8, 4) is 28.5 Å². The summed E-state index contributed by atoms with van der Waals surface area (Å²) in [5, 5.41) is 9.48. The summed E-state index contributed by atoms with van der Waals surface area (Å²) in [4.78, 5) is 13.4. The van der Waals surface area contributed by atoms with E-state index in [0.29, 0.717) is 16.7 Å². The summed E-state index contributed by atoms with van der Waals surface area (Å²) in [6.45, 7) is 3.71. The highest BCUT2D eigenvalue weighted by atomic mass is 32.2. The first-order valence-corrected chi connectivity index (χ1v) is 13.4. The fourth-order valence-electron chi connectivity index (χ4n) is 4.33. The number of aromatic nitrogens is 1. The van der Waals surface area contributed by atoms with E-state index in [1.54, 1.807) is 42.5 Å². The Balaban J connectivity index is 1.97. The third-order valence-corrected chi connectivity index (χ3v) is 7.41. The maximum absolute atomic E-state index is 13.9. The van der Waals surface area contributed by atoms with Gasteiger partial charge in [-0.1, -0.05) is 54.1 Å². The van der Waals surface area contributed by atoms with Crippen molar-refractivity contribution in [2.75, 3.05) is 6.26 Å². The number of aryl methyl sites for hydroxylation is 2. The summed E-state index contributed by atoms with van der Waals surface area (Å²) in [5.41, 5.74) is 0.650. The van der Waals surface area contributed by atoms with Gasteiger partial charge in [0, 0.05) is 6.26 Å². The molecule has 3 aromatic carbocycles. The van der Waals surface area contributed by atoms with Crippen LogP contribution in [0.25, 0.3) is 22.4 Å². The Morgan fingerprint density at radius 1 is 0.895 bits per heavy atom. The first kappa shape index (κ1) is 26.9. The number of sulfone groups is 1. The monoisotopic (exact) mass is 536 g/mol. The van der Waals surface area contributed by atoms with Gasteiger partial charge in [-0.15, -0.1) is 0 Å². The van der Waals surface area contributed by atoms with E-state index in [4.69, 9.17) is 0 Å². The Morgan fingerprint density at radius 2 is 1.53 bits per heavy atom. The average molecular weight is 537 g/mol. The fraction of sp³-hybridized carbons (Fsp3) is 0.172. The zero-order valence-corrected chi connectivity index (χ0v) is 21.6. The number of alkyl halides is 3. The van der Waals surface area contributed by atoms with Crippen molar-refractivity contribution in [3.63, 3.8) is 0 Å². The van der Waals surface area contributed by atoms with E-state index in [2.05, 4.69) is 0 Å². The van der Waals surface area contributed by atoms with E-state index < -0.39 is 32.7 Å². The van der Waals surface area contributed by atoms with Crippen molar-refractivity contribution < 1.29 is 21.6 Å². The summed E-state index contributed by atoms with van der Waals surface area (Å²) < 4.78 is 67.0. The van der Waals surface area contributed by atoms with Gasteiger partial charge in [-0.2, -0.15) is 18.4 Å². The Kier molecular flexibility index (Phi) is 7.04. The van der Waals surface area contributed by atoms with Crippen LogP contribution >= 0.6 is 0 Å². The van der Waals surface area contributed by atoms with Crippen LogP contribution in [-0.4, -0.2) is 19.2 Å². The van der Waals surface area contributed by atoms with Gasteiger partial charge in [0.1, 0.15) is 11.6 Å². The minimum absolute atomic E-state index is 0.0117. The molecule has 0 spiro atoms. The zero-order valence-electron chi connectivity index (χ0n) is 20.8. The maximum atomic E-state index is 13.9. The third kappa shape index (κ3) is 5.41. The molecule has 1 aromatic heterocycles. The van der Waals surface area contributed by atoms with Gasteiger partial charge in [-0.05, 0) is 65.9 Å². The average Bonchev–Trinajstić information content (AvgIpc) is 2.85. The molecular formula is C29H23F3N2O3S. The number of hydrogen-bond donors (Lipinski definition) is 0. The predicted molar refractivity (Wildman–Crippen MR) is 139 cm³/mol. The molecule has 0 saturated heterocycles. The highest BCUT2D eigenvalue weighted by Crippen LogP contribution is 2.35. The standard InChI is InChI=1S/C29H23F3N2O3S/c1-18-10-11-23(19(2)12-18)17-34-27(15-26(29(30,31)32)25(16-33)28(34)35)22-8-4-6-20(13-22)21-7-5-9-24(14-21)38(3,36)37/h4-15H,17H2,1-3H3. The second kappa shape index (κ2) is 9.95. The maximum Gasteiger partial charge on any atom is 0.417 e. The topological polar surface area (TPSA) is 79.9 Å². The fourth-order valence-corrected chi connectivity index (χ4v) is 5.00. The van der Waals surface area contributed by atoms with Crippen molar-refractivity contribution in [1.29, 1.82) is 5.26 Å². The number of pyridine rings is 1. The lowest BCUT2D eigenvalue weighted by Gasteiger charge is -2.19. The number of hydrogen-bond acceptors (Lipinski definition) is 4. The number of rotatable bonds is 5. The summed E-state index contributed by atoms with van der Waals surface area (Å²) in [5.74, 6) is 0. The lowest BCUT2D eigenvalue weighted by molar-refractivity contribution is -0.137. The van der Waals surface area contributed by atoms with Gasteiger partial charge in [-0.25, -0.2) is 8.42 Å². The smallest absolute Gasteiger partial charge is 0.303 e. The van der Waals surface area contributed by atoms with Crippen LogP contribution in [0.5, 0.6) is 0 Å². The number of halogens is 3. The molecule has 4 rings (SSSR count). The van der Waals surface area contributed by atoms with E-state index >= 15 is 0 Å². The van der Waals surface area contributed by atoms with Gasteiger partial charge in [0.25, 0.3) is 5.56 Å². The Morgan fingerprint density at radius 3 is 2.13 bits per heavy atom. The molecule has 0 atom stereocenters. The summed E-state index contributed by atoms with van der Waals surface area (Å²) in [7, 11) is -3.48. The molecule has 1 heterocycles. The normalized spacial score (nSPS) is 11.8. The highest BCUT2D eigenvalue weighted by Gasteiger charge is 2.36. The van der Waals surface area contributed by atoms with Crippen LogP contribution in [0.4, 0.5) is 13.2 Å². The van der Waals surface area contributed by atoms with Crippen LogP contribution in [0.1, 0.15) is 27.8 Å². The van der Waals surface area contributed by atoms with Crippen LogP contribution in [0, 0.1) is 25.2 Å². The van der Waals surface area contributed by atoms with Crippen molar-refractivity contribution in [3.05, 3.63) is 111 Å². The van der Waals surface area contributed by atoms with Crippen molar-refractivity contribution in [2.45, 2.75) is 31.5 Å². The molecule has 0 saturated carbocycles. The largest absolute Gasteiger partial charge is 0.417 e. The van der Waals surface area contributed by atoms with Gasteiger partial charge >= 0.3 is 6.18 Å². The minimum Gasteiger partial charge on any atom is -0.303 e. The van der Waals surface area contributed by atoms with Crippen LogP contribution in [-0.2, 0) is 22.6 Å². The molecule has 5 nitrogen and oxygen atoms in total. The number of nitrogens with zero attached hydrogens (tertiary/aromatic N) is 2. The first-order valence-electron chi connectivity index (χ1n) is 11.5. The quantitative estimate of drug-likeness (QED) is 0.307. The van der Waals surface area contributed by atoms with E-state index in [1.165, 1.54) is 22.8 Å². The van der Waals surface area contributed by atoms with Crippen LogP contribution in [0.15, 0.2) is 82.5 Å². The van der Waals surface area contributed by atoms with Crippen LogP contribution < -0.4 is 5.56 Å². The van der Waals surface area contributed by atoms with Crippen molar-refractivity contribution in [1.82, 2.24) is 4.57 Å². The molecule has 0 radical (unpaired) electrons. The SMILES string of the molecule is Cc1ccc(Cn2c(-c3cccc(-c4cccc(S(C)(=O)=O)c4)c3)cc(C(F)(F)F)c(C#N)c2=O)c(C)c1. The third-order valence-electron chi connectivity index (χ3n) is 6.30. The zero-order chi connectivity index (χ0) is 27.8. The van der Waals surface area contributed by atoms with Gasteiger partial charge in [0.15, 0.2) is 9.84 Å². The molecule has 0 fully saturated rings. The lowest BCUT2D eigenvalue weighted by atomic mass is 9.98. The minimum atomic E-state index is -4.92. The Labute approximate surface area is 218 Å². The Hall–Kier alpha value is -4.16. The molecule has 4 aromatic rings. The molecule has 0 amide bonds. The van der Waals surface area contributed by atoms with E-state index in [9.17, 15) is 31.6 Å².